The molecular formula is C10H17BO5. The van der Waals surface area contributed by atoms with Crippen molar-refractivity contribution < 1.29 is 24.2 Å². The number of rotatable bonds is 5. The highest BCUT2D eigenvalue weighted by atomic mass is 16.6. The summed E-state index contributed by atoms with van der Waals surface area (Å²) < 4.78 is 13.8. The minimum Gasteiger partial charge on any atom is -0.512 e. The van der Waals surface area contributed by atoms with Crippen LogP contribution >= 0.6 is 0 Å². The molecule has 0 fully saturated rings. The number of benzene rings is 1. The minimum atomic E-state index is -1.73. The molecule has 0 unspecified atom stereocenters. The summed E-state index contributed by atoms with van der Waals surface area (Å²) in [6.45, 7) is 1.38. The van der Waals surface area contributed by atoms with Gasteiger partial charge in [-0.15, -0.1) is 0 Å². The van der Waals surface area contributed by atoms with Gasteiger partial charge in [0, 0.05) is 14.2 Å². The van der Waals surface area contributed by atoms with Crippen LogP contribution in [0.3, 0.4) is 0 Å². The van der Waals surface area contributed by atoms with Gasteiger partial charge in [0.15, 0.2) is 0 Å². The SMILES string of the molecule is COCCOC.OB(O)Oc1ccccc1. The van der Waals surface area contributed by atoms with Crippen LogP contribution in [-0.4, -0.2) is 44.8 Å². The Bertz CT molecular complexity index is 238. The van der Waals surface area contributed by atoms with Gasteiger partial charge >= 0.3 is 7.32 Å². The third-order valence-electron chi connectivity index (χ3n) is 1.48. The first-order valence-corrected chi connectivity index (χ1v) is 4.76. The summed E-state index contributed by atoms with van der Waals surface area (Å²) in [7, 11) is 1.57. The Hall–Kier alpha value is -1.08. The van der Waals surface area contributed by atoms with E-state index in [2.05, 4.69) is 14.1 Å². The van der Waals surface area contributed by atoms with Crippen molar-refractivity contribution in [3.63, 3.8) is 0 Å². The Morgan fingerprint density at radius 2 is 1.50 bits per heavy atom. The van der Waals surface area contributed by atoms with Gasteiger partial charge in [0.1, 0.15) is 5.75 Å². The van der Waals surface area contributed by atoms with Crippen molar-refractivity contribution in [2.45, 2.75) is 0 Å². The predicted octanol–water partition coefficient (Wildman–Crippen LogP) is 0.314. The third kappa shape index (κ3) is 9.48. The summed E-state index contributed by atoms with van der Waals surface area (Å²) in [5.74, 6) is 0.442. The van der Waals surface area contributed by atoms with Gasteiger partial charge < -0.3 is 24.2 Å². The van der Waals surface area contributed by atoms with Crippen molar-refractivity contribution in [3.05, 3.63) is 30.3 Å². The lowest BCUT2D eigenvalue weighted by atomic mass is 10.2. The van der Waals surface area contributed by atoms with Crippen molar-refractivity contribution >= 4 is 7.32 Å². The van der Waals surface area contributed by atoms with E-state index in [9.17, 15) is 0 Å². The number of ether oxygens (including phenoxy) is 2. The Labute approximate surface area is 95.8 Å². The molecule has 1 aromatic rings. The second-order valence-electron chi connectivity index (χ2n) is 2.74. The summed E-state index contributed by atoms with van der Waals surface area (Å²) in [6, 6.07) is 8.59. The third-order valence-corrected chi connectivity index (χ3v) is 1.48. The molecule has 0 heterocycles. The van der Waals surface area contributed by atoms with Crippen LogP contribution in [0.2, 0.25) is 0 Å². The van der Waals surface area contributed by atoms with Gasteiger partial charge in [-0.25, -0.2) is 0 Å². The molecule has 0 spiro atoms. The van der Waals surface area contributed by atoms with Crippen LogP contribution in [0.25, 0.3) is 0 Å². The molecule has 0 aliphatic carbocycles. The van der Waals surface area contributed by atoms with E-state index >= 15 is 0 Å². The van der Waals surface area contributed by atoms with Crippen LogP contribution in [0, 0.1) is 0 Å². The van der Waals surface area contributed by atoms with Crippen LogP contribution < -0.4 is 4.65 Å². The van der Waals surface area contributed by atoms with E-state index in [1.807, 2.05) is 6.07 Å². The van der Waals surface area contributed by atoms with E-state index in [4.69, 9.17) is 10.0 Å². The van der Waals surface area contributed by atoms with Gasteiger partial charge in [-0.05, 0) is 12.1 Å². The van der Waals surface area contributed by atoms with Crippen LogP contribution in [0.1, 0.15) is 0 Å². The van der Waals surface area contributed by atoms with Crippen LogP contribution in [-0.2, 0) is 9.47 Å². The van der Waals surface area contributed by atoms with Crippen LogP contribution in [0.5, 0.6) is 5.75 Å². The zero-order valence-corrected chi connectivity index (χ0v) is 9.50. The summed E-state index contributed by atoms with van der Waals surface area (Å²) in [4.78, 5) is 0. The average Bonchev–Trinajstić information content (AvgIpc) is 2.28. The smallest absolute Gasteiger partial charge is 0.512 e. The molecule has 0 aromatic heterocycles. The molecule has 0 aliphatic rings. The second-order valence-corrected chi connectivity index (χ2v) is 2.74. The lowest BCUT2D eigenvalue weighted by Crippen LogP contribution is -2.20. The van der Waals surface area contributed by atoms with Gasteiger partial charge in [0.2, 0.25) is 0 Å². The minimum absolute atomic E-state index is 0.442. The number of methoxy groups -OCH3 is 2. The topological polar surface area (TPSA) is 68.2 Å². The van der Waals surface area contributed by atoms with Crippen LogP contribution in [0.15, 0.2) is 30.3 Å². The quantitative estimate of drug-likeness (QED) is 0.560. The summed E-state index contributed by atoms with van der Waals surface area (Å²) in [5.41, 5.74) is 0. The van der Waals surface area contributed by atoms with E-state index in [0.29, 0.717) is 19.0 Å². The maximum absolute atomic E-state index is 8.34. The fourth-order valence-electron chi connectivity index (χ4n) is 0.787. The van der Waals surface area contributed by atoms with Gasteiger partial charge in [-0.3, -0.25) is 0 Å². The first-order chi connectivity index (χ1) is 7.70. The molecule has 0 saturated carbocycles. The molecule has 5 nitrogen and oxygen atoms in total. The lowest BCUT2D eigenvalue weighted by Gasteiger charge is -2.01. The van der Waals surface area contributed by atoms with E-state index in [1.54, 1.807) is 38.5 Å². The largest absolute Gasteiger partial charge is 0.707 e. The average molecular weight is 228 g/mol. The Morgan fingerprint density at radius 3 is 1.88 bits per heavy atom. The molecule has 0 bridgehead atoms. The van der Waals surface area contributed by atoms with Gasteiger partial charge in [-0.1, -0.05) is 18.2 Å². The molecule has 0 aliphatic heterocycles. The molecule has 0 atom stereocenters. The molecule has 1 aromatic carbocycles. The molecule has 1 rings (SSSR count). The predicted molar refractivity (Wildman–Crippen MR) is 61.0 cm³/mol. The molecule has 0 radical (unpaired) electrons. The van der Waals surface area contributed by atoms with E-state index < -0.39 is 7.32 Å². The molecule has 0 amide bonds. The molecule has 0 saturated heterocycles. The highest BCUT2D eigenvalue weighted by Gasteiger charge is 2.09. The van der Waals surface area contributed by atoms with Crippen LogP contribution in [0.4, 0.5) is 0 Å². The maximum atomic E-state index is 8.34. The van der Waals surface area contributed by atoms with Crippen molar-refractivity contribution in [2.24, 2.45) is 0 Å². The highest BCUT2D eigenvalue weighted by molar-refractivity contribution is 6.33. The highest BCUT2D eigenvalue weighted by Crippen LogP contribution is 2.07. The van der Waals surface area contributed by atoms with Gasteiger partial charge in [0.25, 0.3) is 0 Å². The molecule has 90 valence electrons. The summed E-state index contributed by atoms with van der Waals surface area (Å²) in [5, 5.41) is 16.7. The Kier molecular flexibility index (Phi) is 9.74. The van der Waals surface area contributed by atoms with Crippen molar-refractivity contribution in [1.82, 2.24) is 0 Å². The van der Waals surface area contributed by atoms with E-state index in [1.165, 1.54) is 0 Å². The number of hydrogen-bond acceptors (Lipinski definition) is 5. The molecule has 6 heteroatoms. The van der Waals surface area contributed by atoms with Gasteiger partial charge in [0.05, 0.1) is 13.2 Å². The fraction of sp³-hybridized carbons (Fsp3) is 0.400. The fourth-order valence-corrected chi connectivity index (χ4v) is 0.787. The van der Waals surface area contributed by atoms with Gasteiger partial charge in [-0.2, -0.15) is 0 Å². The standard InChI is InChI=1S/C6H7BO3.C4H10O2/c8-7(9)10-6-4-2-1-3-5-6;1-5-3-4-6-2/h1-5,8-9H;3-4H2,1-2H3. The van der Waals surface area contributed by atoms with E-state index in [-0.39, 0.29) is 0 Å². The molecule has 16 heavy (non-hydrogen) atoms. The first kappa shape index (κ1) is 14.9. The zero-order chi connectivity index (χ0) is 12.2. The zero-order valence-electron chi connectivity index (χ0n) is 9.50. The van der Waals surface area contributed by atoms with Crippen molar-refractivity contribution in [3.8, 4) is 5.75 Å². The first-order valence-electron chi connectivity index (χ1n) is 4.76. The normalized spacial score (nSPS) is 9.00. The maximum Gasteiger partial charge on any atom is 0.707 e. The molecular weight excluding hydrogens is 211 g/mol. The van der Waals surface area contributed by atoms with Crippen molar-refractivity contribution in [2.75, 3.05) is 27.4 Å². The lowest BCUT2D eigenvalue weighted by molar-refractivity contribution is 0.103. The van der Waals surface area contributed by atoms with Crippen molar-refractivity contribution in [1.29, 1.82) is 0 Å². The number of para-hydroxylation sites is 1. The summed E-state index contributed by atoms with van der Waals surface area (Å²) in [6.07, 6.45) is 0. The second kappa shape index (κ2) is 10.4. The molecule has 2 N–H and O–H groups in total. The number of hydrogen-bond donors (Lipinski definition) is 2. The Balaban J connectivity index is 0.000000325. The monoisotopic (exact) mass is 228 g/mol. The summed E-state index contributed by atoms with van der Waals surface area (Å²) >= 11 is 0. The Morgan fingerprint density at radius 1 is 1.00 bits per heavy atom. The van der Waals surface area contributed by atoms with E-state index in [0.717, 1.165) is 0 Å².